The van der Waals surface area contributed by atoms with Gasteiger partial charge in [0.1, 0.15) is 0 Å². The Morgan fingerprint density at radius 1 is 1.12 bits per heavy atom. The number of nitrogens with two attached hydrogens (primary N) is 1. The smallest absolute Gasteiger partial charge is 0.256 e. The Balaban J connectivity index is 1.73. The Morgan fingerprint density at radius 3 is 2.50 bits per heavy atom. The number of nitrogens with one attached hydrogen (secondary N) is 1. The topological polar surface area (TPSA) is 61.6 Å². The molecule has 0 bridgehead atoms. The molecule has 1 heterocycles. The maximum Gasteiger partial charge on any atom is 0.256 e. The number of hydrogen-bond acceptors (Lipinski definition) is 4. The van der Waals surface area contributed by atoms with Crippen LogP contribution in [0.4, 0.5) is 17.1 Å². The van der Waals surface area contributed by atoms with Crippen LogP contribution in [-0.4, -0.2) is 44.0 Å². The summed E-state index contributed by atoms with van der Waals surface area (Å²) in [6, 6.07) is 13.3. The third kappa shape index (κ3) is 3.81. The lowest BCUT2D eigenvalue weighted by Crippen LogP contribution is -2.44. The highest BCUT2D eigenvalue weighted by atomic mass is 127. The molecule has 0 aromatic heterocycles. The monoisotopic (exact) mass is 436 g/mol. The molecule has 1 saturated heterocycles. The summed E-state index contributed by atoms with van der Waals surface area (Å²) in [6.45, 7) is 4.00. The minimum atomic E-state index is -0.119. The lowest BCUT2D eigenvalue weighted by atomic mass is 10.1. The van der Waals surface area contributed by atoms with Crippen LogP contribution in [0.3, 0.4) is 0 Å². The molecule has 126 valence electrons. The number of benzene rings is 2. The van der Waals surface area contributed by atoms with E-state index < -0.39 is 0 Å². The van der Waals surface area contributed by atoms with Crippen LogP contribution in [0.1, 0.15) is 10.4 Å². The van der Waals surface area contributed by atoms with Crippen LogP contribution in [0.2, 0.25) is 0 Å². The summed E-state index contributed by atoms with van der Waals surface area (Å²) in [4.78, 5) is 17.0. The van der Waals surface area contributed by atoms with Gasteiger partial charge in [0, 0.05) is 35.4 Å². The number of carbonyl (C=O) groups is 1. The van der Waals surface area contributed by atoms with Crippen LogP contribution in [0.15, 0.2) is 42.5 Å². The zero-order chi connectivity index (χ0) is 17.1. The van der Waals surface area contributed by atoms with Crippen molar-refractivity contribution < 1.29 is 4.79 Å². The van der Waals surface area contributed by atoms with Gasteiger partial charge in [-0.25, -0.2) is 0 Å². The van der Waals surface area contributed by atoms with E-state index in [1.807, 2.05) is 42.5 Å². The van der Waals surface area contributed by atoms with Gasteiger partial charge in [0.15, 0.2) is 0 Å². The van der Waals surface area contributed by atoms with Gasteiger partial charge in [-0.1, -0.05) is 12.1 Å². The van der Waals surface area contributed by atoms with Crippen molar-refractivity contribution in [1.29, 1.82) is 0 Å². The number of rotatable bonds is 3. The van der Waals surface area contributed by atoms with Crippen molar-refractivity contribution in [2.45, 2.75) is 0 Å². The summed E-state index contributed by atoms with van der Waals surface area (Å²) in [7, 11) is 2.13. The number of hydrogen-bond donors (Lipinski definition) is 2. The first kappa shape index (κ1) is 17.0. The highest BCUT2D eigenvalue weighted by Gasteiger charge is 2.17. The molecule has 3 N–H and O–H groups in total. The molecule has 24 heavy (non-hydrogen) atoms. The van der Waals surface area contributed by atoms with Crippen molar-refractivity contribution in [2.24, 2.45) is 0 Å². The third-order valence-corrected chi connectivity index (χ3v) is 5.19. The van der Waals surface area contributed by atoms with Crippen LogP contribution < -0.4 is 16.0 Å². The molecule has 5 nitrogen and oxygen atoms in total. The largest absolute Gasteiger partial charge is 0.397 e. The highest BCUT2D eigenvalue weighted by Crippen LogP contribution is 2.27. The zero-order valence-electron chi connectivity index (χ0n) is 13.6. The van der Waals surface area contributed by atoms with Crippen LogP contribution in [0, 0.1) is 3.57 Å². The second-order valence-electron chi connectivity index (χ2n) is 6.00. The maximum atomic E-state index is 12.4. The van der Waals surface area contributed by atoms with E-state index >= 15 is 0 Å². The standard InChI is InChI=1S/C18H21IN4O/c1-22-8-10-23(11-9-22)17-7-6-13(12-16(17)20)21-18(24)14-4-2-3-5-15(14)19/h2-7,12H,8-11,20H2,1H3,(H,21,24). The summed E-state index contributed by atoms with van der Waals surface area (Å²) in [5.74, 6) is -0.119. The number of nitrogen functional groups attached to an aromatic ring is 1. The summed E-state index contributed by atoms with van der Waals surface area (Å²) in [5, 5.41) is 2.93. The Bertz CT molecular complexity index is 742. The molecule has 0 atom stereocenters. The van der Waals surface area contributed by atoms with Crippen molar-refractivity contribution in [2.75, 3.05) is 49.2 Å². The number of halogens is 1. The number of likely N-dealkylation sites (N-methyl/N-ethyl adjacent to an activating group) is 1. The van der Waals surface area contributed by atoms with E-state index in [1.165, 1.54) is 0 Å². The van der Waals surface area contributed by atoms with E-state index in [4.69, 9.17) is 5.73 Å². The van der Waals surface area contributed by atoms with Gasteiger partial charge in [-0.05, 0) is 60.0 Å². The Hall–Kier alpha value is -1.80. The molecule has 0 radical (unpaired) electrons. The van der Waals surface area contributed by atoms with Crippen molar-refractivity contribution in [3.63, 3.8) is 0 Å². The van der Waals surface area contributed by atoms with Gasteiger partial charge in [0.2, 0.25) is 0 Å². The number of nitrogens with zero attached hydrogens (tertiary/aromatic N) is 2. The molecule has 1 aliphatic heterocycles. The minimum Gasteiger partial charge on any atom is -0.397 e. The van der Waals surface area contributed by atoms with Crippen LogP contribution >= 0.6 is 22.6 Å². The number of amides is 1. The van der Waals surface area contributed by atoms with Crippen molar-refractivity contribution in [3.05, 3.63) is 51.6 Å². The van der Waals surface area contributed by atoms with E-state index in [1.54, 1.807) is 0 Å². The predicted octanol–water partition coefficient (Wildman–Crippen LogP) is 2.88. The van der Waals surface area contributed by atoms with E-state index in [-0.39, 0.29) is 5.91 Å². The average molecular weight is 436 g/mol. The lowest BCUT2D eigenvalue weighted by Gasteiger charge is -2.34. The Labute approximate surface area is 156 Å². The maximum absolute atomic E-state index is 12.4. The summed E-state index contributed by atoms with van der Waals surface area (Å²) in [6.07, 6.45) is 0. The van der Waals surface area contributed by atoms with E-state index in [2.05, 4.69) is 44.8 Å². The predicted molar refractivity (Wildman–Crippen MR) is 108 cm³/mol. The van der Waals surface area contributed by atoms with E-state index in [0.29, 0.717) is 11.3 Å². The molecule has 2 aromatic carbocycles. The fourth-order valence-corrected chi connectivity index (χ4v) is 3.44. The lowest BCUT2D eigenvalue weighted by molar-refractivity contribution is 0.102. The van der Waals surface area contributed by atoms with E-state index in [9.17, 15) is 4.79 Å². The molecule has 1 amide bonds. The first-order valence-electron chi connectivity index (χ1n) is 7.93. The molecule has 2 aromatic rings. The van der Waals surface area contributed by atoms with Crippen LogP contribution in [0.25, 0.3) is 0 Å². The molecule has 0 unspecified atom stereocenters. The fourth-order valence-electron chi connectivity index (χ4n) is 2.81. The van der Waals surface area contributed by atoms with Gasteiger partial charge in [-0.2, -0.15) is 0 Å². The highest BCUT2D eigenvalue weighted by molar-refractivity contribution is 14.1. The summed E-state index contributed by atoms with van der Waals surface area (Å²) in [5.41, 5.74) is 9.34. The average Bonchev–Trinajstić information content (AvgIpc) is 2.56. The first-order chi connectivity index (χ1) is 11.5. The number of piperazine rings is 1. The van der Waals surface area contributed by atoms with Gasteiger partial charge in [-0.15, -0.1) is 0 Å². The van der Waals surface area contributed by atoms with Gasteiger partial charge in [-0.3, -0.25) is 4.79 Å². The fraction of sp³-hybridized carbons (Fsp3) is 0.278. The quantitative estimate of drug-likeness (QED) is 0.574. The van der Waals surface area contributed by atoms with Gasteiger partial charge in [0.05, 0.1) is 16.9 Å². The minimum absolute atomic E-state index is 0.119. The van der Waals surface area contributed by atoms with Gasteiger partial charge < -0.3 is 20.9 Å². The molecule has 0 saturated carbocycles. The number of carbonyl (C=O) groups excluding carboxylic acids is 1. The summed E-state index contributed by atoms with van der Waals surface area (Å²) < 4.78 is 0.926. The molecular weight excluding hydrogens is 415 g/mol. The van der Waals surface area contributed by atoms with Crippen molar-refractivity contribution >= 4 is 45.6 Å². The second-order valence-corrected chi connectivity index (χ2v) is 7.16. The van der Waals surface area contributed by atoms with Crippen LogP contribution in [-0.2, 0) is 0 Å². The Kier molecular flexibility index (Phi) is 5.25. The summed E-state index contributed by atoms with van der Waals surface area (Å²) >= 11 is 2.16. The molecule has 6 heteroatoms. The molecule has 0 aliphatic carbocycles. The molecule has 3 rings (SSSR count). The normalized spacial score (nSPS) is 15.3. The second kappa shape index (κ2) is 7.40. The molecule has 1 aliphatic rings. The van der Waals surface area contributed by atoms with Gasteiger partial charge in [0.25, 0.3) is 5.91 Å². The van der Waals surface area contributed by atoms with Crippen molar-refractivity contribution in [3.8, 4) is 0 Å². The van der Waals surface area contributed by atoms with Crippen molar-refractivity contribution in [1.82, 2.24) is 4.90 Å². The zero-order valence-corrected chi connectivity index (χ0v) is 15.8. The third-order valence-electron chi connectivity index (χ3n) is 4.25. The van der Waals surface area contributed by atoms with E-state index in [0.717, 1.165) is 41.1 Å². The molecule has 1 fully saturated rings. The number of anilines is 3. The SMILES string of the molecule is CN1CCN(c2ccc(NC(=O)c3ccccc3I)cc2N)CC1. The molecular formula is C18H21IN4O. The van der Waals surface area contributed by atoms with Gasteiger partial charge >= 0.3 is 0 Å². The first-order valence-corrected chi connectivity index (χ1v) is 9.01. The Morgan fingerprint density at radius 2 is 1.83 bits per heavy atom. The molecule has 0 spiro atoms. The van der Waals surface area contributed by atoms with Crippen LogP contribution in [0.5, 0.6) is 0 Å².